The molecule has 0 unspecified atom stereocenters. The van der Waals surface area contributed by atoms with Crippen molar-refractivity contribution in [3.05, 3.63) is 64.0 Å². The van der Waals surface area contributed by atoms with Crippen molar-refractivity contribution in [2.75, 3.05) is 6.26 Å². The van der Waals surface area contributed by atoms with Crippen molar-refractivity contribution in [3.8, 4) is 0 Å². The number of nitro benzene ring substituents is 1. The fourth-order valence-corrected chi connectivity index (χ4v) is 2.41. The monoisotopic (exact) mass is 312 g/mol. The third-order valence-corrected chi connectivity index (χ3v) is 3.88. The number of hydrogen-bond acceptors (Lipinski definition) is 5. The molecule has 0 amide bonds. The summed E-state index contributed by atoms with van der Waals surface area (Å²) < 4.78 is 5.54. The molecule has 0 radical (unpaired) electrons. The second-order valence-electron chi connectivity index (χ2n) is 4.57. The summed E-state index contributed by atoms with van der Waals surface area (Å²) in [5, 5.41) is 10.7. The average molecular weight is 312 g/mol. The van der Waals surface area contributed by atoms with Crippen molar-refractivity contribution in [3.63, 3.8) is 0 Å². The molecule has 6 heteroatoms. The van der Waals surface area contributed by atoms with Crippen molar-refractivity contribution in [1.82, 2.24) is 4.98 Å². The van der Waals surface area contributed by atoms with Crippen LogP contribution in [0.4, 0.5) is 5.69 Å². The number of oxazole rings is 1. The summed E-state index contributed by atoms with van der Waals surface area (Å²) in [6.07, 6.45) is 5.67. The van der Waals surface area contributed by atoms with Crippen LogP contribution < -0.4 is 0 Å². The SMILES string of the molecule is CSc1ccc(/C=C/c2nc3cc([N+](=O)[O-])ccc3o2)cc1. The summed E-state index contributed by atoms with van der Waals surface area (Å²) in [6.45, 7) is 0. The van der Waals surface area contributed by atoms with Crippen LogP contribution in [0, 0.1) is 10.1 Å². The van der Waals surface area contributed by atoms with Crippen molar-refractivity contribution in [1.29, 1.82) is 0 Å². The Bertz CT molecular complexity index is 853. The molecule has 3 rings (SSSR count). The van der Waals surface area contributed by atoms with Gasteiger partial charge in [0.25, 0.3) is 5.69 Å². The van der Waals surface area contributed by atoms with Gasteiger partial charge in [-0.1, -0.05) is 12.1 Å². The van der Waals surface area contributed by atoms with Gasteiger partial charge in [-0.15, -0.1) is 11.8 Å². The predicted octanol–water partition coefficient (Wildman–Crippen LogP) is 4.63. The third kappa shape index (κ3) is 3.01. The maximum Gasteiger partial charge on any atom is 0.271 e. The average Bonchev–Trinajstić information content (AvgIpc) is 2.95. The van der Waals surface area contributed by atoms with Crippen LogP contribution in [0.15, 0.2) is 51.8 Å². The number of rotatable bonds is 4. The summed E-state index contributed by atoms with van der Waals surface area (Å²) in [5.41, 5.74) is 2.05. The fourth-order valence-electron chi connectivity index (χ4n) is 2.00. The largest absolute Gasteiger partial charge is 0.437 e. The molecule has 0 aliphatic carbocycles. The van der Waals surface area contributed by atoms with Crippen LogP contribution in [0.25, 0.3) is 23.3 Å². The molecule has 5 nitrogen and oxygen atoms in total. The maximum absolute atomic E-state index is 10.7. The standard InChI is InChI=1S/C16H12N2O3S/c1-22-13-6-2-11(3-7-13)4-9-16-17-14-10-12(18(19)20)5-8-15(14)21-16/h2-10H,1H3/b9-4+. The minimum atomic E-state index is -0.447. The molecule has 110 valence electrons. The van der Waals surface area contributed by atoms with E-state index in [9.17, 15) is 10.1 Å². The van der Waals surface area contributed by atoms with E-state index in [1.165, 1.54) is 17.0 Å². The topological polar surface area (TPSA) is 69.2 Å². The van der Waals surface area contributed by atoms with Gasteiger partial charge in [-0.25, -0.2) is 4.98 Å². The van der Waals surface area contributed by atoms with E-state index in [1.54, 1.807) is 23.9 Å². The Hall–Kier alpha value is -2.60. The molecular weight excluding hydrogens is 300 g/mol. The predicted molar refractivity (Wildman–Crippen MR) is 87.8 cm³/mol. The highest BCUT2D eigenvalue weighted by Crippen LogP contribution is 2.22. The molecule has 1 heterocycles. The molecule has 0 saturated heterocycles. The maximum atomic E-state index is 10.7. The zero-order valence-corrected chi connectivity index (χ0v) is 12.5. The highest BCUT2D eigenvalue weighted by molar-refractivity contribution is 7.98. The van der Waals surface area contributed by atoms with Gasteiger partial charge in [0.2, 0.25) is 5.89 Å². The Morgan fingerprint density at radius 2 is 1.95 bits per heavy atom. The molecule has 0 N–H and O–H groups in total. The molecule has 0 aliphatic heterocycles. The van der Waals surface area contributed by atoms with Gasteiger partial charge < -0.3 is 4.42 Å². The van der Waals surface area contributed by atoms with Gasteiger partial charge in [0.05, 0.1) is 4.92 Å². The molecule has 22 heavy (non-hydrogen) atoms. The van der Waals surface area contributed by atoms with Crippen molar-refractivity contribution < 1.29 is 9.34 Å². The number of thioether (sulfide) groups is 1. The number of benzene rings is 2. The molecule has 0 aliphatic rings. The van der Waals surface area contributed by atoms with E-state index in [1.807, 2.05) is 36.6 Å². The number of fused-ring (bicyclic) bond motifs is 1. The Balaban J connectivity index is 1.86. The van der Waals surface area contributed by atoms with Crippen LogP contribution >= 0.6 is 11.8 Å². The lowest BCUT2D eigenvalue weighted by molar-refractivity contribution is -0.384. The Morgan fingerprint density at radius 1 is 1.18 bits per heavy atom. The quantitative estimate of drug-likeness (QED) is 0.399. The van der Waals surface area contributed by atoms with E-state index in [-0.39, 0.29) is 5.69 Å². The van der Waals surface area contributed by atoms with Crippen LogP contribution in [-0.4, -0.2) is 16.2 Å². The lowest BCUT2D eigenvalue weighted by Crippen LogP contribution is -1.86. The van der Waals surface area contributed by atoms with Gasteiger partial charge in [-0.3, -0.25) is 10.1 Å². The normalized spacial score (nSPS) is 11.3. The molecule has 0 bridgehead atoms. The highest BCUT2D eigenvalue weighted by Gasteiger charge is 2.10. The first-order valence-electron chi connectivity index (χ1n) is 6.53. The Labute approximate surface area is 130 Å². The fraction of sp³-hybridized carbons (Fsp3) is 0.0625. The second kappa shape index (κ2) is 6.03. The molecule has 0 atom stereocenters. The van der Waals surface area contributed by atoms with E-state index in [0.29, 0.717) is 17.0 Å². The van der Waals surface area contributed by atoms with Crippen molar-refractivity contribution in [2.24, 2.45) is 0 Å². The summed E-state index contributed by atoms with van der Waals surface area (Å²) in [6, 6.07) is 12.5. The van der Waals surface area contributed by atoms with E-state index >= 15 is 0 Å². The molecule has 0 spiro atoms. The lowest BCUT2D eigenvalue weighted by atomic mass is 10.2. The van der Waals surface area contributed by atoms with Crippen LogP contribution in [0.3, 0.4) is 0 Å². The zero-order valence-electron chi connectivity index (χ0n) is 11.7. The summed E-state index contributed by atoms with van der Waals surface area (Å²) in [4.78, 5) is 15.7. The van der Waals surface area contributed by atoms with Crippen molar-refractivity contribution >= 4 is 40.7 Å². The van der Waals surface area contributed by atoms with Gasteiger partial charge in [0.1, 0.15) is 5.52 Å². The van der Waals surface area contributed by atoms with Gasteiger partial charge in [-0.2, -0.15) is 0 Å². The zero-order chi connectivity index (χ0) is 15.5. The van der Waals surface area contributed by atoms with Crippen LogP contribution in [-0.2, 0) is 0 Å². The molecule has 0 fully saturated rings. The lowest BCUT2D eigenvalue weighted by Gasteiger charge is -1.96. The van der Waals surface area contributed by atoms with Crippen molar-refractivity contribution in [2.45, 2.75) is 4.90 Å². The second-order valence-corrected chi connectivity index (χ2v) is 5.45. The van der Waals surface area contributed by atoms with Gasteiger partial charge in [0, 0.05) is 23.1 Å². The number of nitro groups is 1. The van der Waals surface area contributed by atoms with Gasteiger partial charge in [-0.05, 0) is 36.1 Å². The first-order chi connectivity index (χ1) is 10.7. The van der Waals surface area contributed by atoms with Gasteiger partial charge >= 0.3 is 0 Å². The van der Waals surface area contributed by atoms with Gasteiger partial charge in [0.15, 0.2) is 5.58 Å². The smallest absolute Gasteiger partial charge is 0.271 e. The summed E-state index contributed by atoms with van der Waals surface area (Å²) >= 11 is 1.69. The molecule has 0 saturated carbocycles. The van der Waals surface area contributed by atoms with Crippen LogP contribution in [0.2, 0.25) is 0 Å². The number of non-ortho nitro benzene ring substituents is 1. The summed E-state index contributed by atoms with van der Waals surface area (Å²) in [7, 11) is 0. The third-order valence-electron chi connectivity index (χ3n) is 3.13. The molecule has 3 aromatic rings. The minimum Gasteiger partial charge on any atom is -0.437 e. The molecule has 1 aromatic heterocycles. The number of aromatic nitrogens is 1. The van der Waals surface area contributed by atoms with E-state index in [0.717, 1.165) is 5.56 Å². The van der Waals surface area contributed by atoms with Crippen LogP contribution in [0.5, 0.6) is 0 Å². The Kier molecular flexibility index (Phi) is 3.93. The van der Waals surface area contributed by atoms with E-state index < -0.39 is 4.92 Å². The first kappa shape index (κ1) is 14.3. The highest BCUT2D eigenvalue weighted by atomic mass is 32.2. The summed E-state index contributed by atoms with van der Waals surface area (Å²) in [5.74, 6) is 0.421. The first-order valence-corrected chi connectivity index (χ1v) is 7.75. The Morgan fingerprint density at radius 3 is 2.64 bits per heavy atom. The number of hydrogen-bond donors (Lipinski definition) is 0. The number of nitrogens with zero attached hydrogens (tertiary/aromatic N) is 2. The van der Waals surface area contributed by atoms with E-state index in [4.69, 9.17) is 4.42 Å². The van der Waals surface area contributed by atoms with E-state index in [2.05, 4.69) is 4.98 Å². The van der Waals surface area contributed by atoms with Crippen LogP contribution in [0.1, 0.15) is 11.5 Å². The molecular formula is C16H12N2O3S. The minimum absolute atomic E-state index is 0.00369. The molecule has 2 aromatic carbocycles.